The minimum absolute atomic E-state index is 0.00714. The number of nitrogens with zero attached hydrogens (tertiary/aromatic N) is 5. The van der Waals surface area contributed by atoms with Crippen molar-refractivity contribution in [1.29, 1.82) is 0 Å². The fourth-order valence-electron chi connectivity index (χ4n) is 4.41. The molecule has 2 heterocycles. The number of carbonyl (C=O) groups is 2. The van der Waals surface area contributed by atoms with E-state index >= 15 is 0 Å². The zero-order chi connectivity index (χ0) is 32.6. The van der Waals surface area contributed by atoms with Crippen molar-refractivity contribution in [1.82, 2.24) is 30.6 Å². The van der Waals surface area contributed by atoms with Crippen molar-refractivity contribution in [3.05, 3.63) is 130 Å². The van der Waals surface area contributed by atoms with Gasteiger partial charge in [0.25, 0.3) is 17.5 Å². The maximum Gasteiger partial charge on any atom is 0.274 e. The molecule has 6 aromatic rings. The third kappa shape index (κ3) is 7.08. The van der Waals surface area contributed by atoms with Gasteiger partial charge in [0.1, 0.15) is 0 Å². The highest BCUT2D eigenvalue weighted by molar-refractivity contribution is 5.99. The first-order valence-electron chi connectivity index (χ1n) is 13.9. The third-order valence-corrected chi connectivity index (χ3v) is 6.75. The first kappa shape index (κ1) is 30.7. The number of hydrogen-bond donors (Lipinski definition) is 5. The Morgan fingerprint density at radius 2 is 0.978 bits per heavy atom. The number of nitrogens with two attached hydrogens (primary N) is 3. The van der Waals surface area contributed by atoms with Crippen LogP contribution in [0.4, 0.5) is 23.0 Å². The average molecular weight is 617 g/mol. The fourth-order valence-corrected chi connectivity index (χ4v) is 4.41. The topological polar surface area (TPSA) is 231 Å². The quantitative estimate of drug-likeness (QED) is 0.0984. The highest BCUT2D eigenvalue weighted by Crippen LogP contribution is 2.19. The van der Waals surface area contributed by atoms with Crippen LogP contribution >= 0.6 is 0 Å². The van der Waals surface area contributed by atoms with Crippen molar-refractivity contribution in [3.8, 4) is 0 Å². The van der Waals surface area contributed by atoms with Crippen molar-refractivity contribution in [2.24, 2.45) is 0 Å². The first-order chi connectivity index (χ1) is 22.2. The molecule has 0 aliphatic rings. The first-order valence-corrected chi connectivity index (χ1v) is 13.9. The van der Waals surface area contributed by atoms with Crippen LogP contribution in [-0.4, -0.2) is 36.7 Å². The second-order valence-electron chi connectivity index (χ2n) is 9.84. The molecule has 4 aromatic carbocycles. The zero-order valence-electron chi connectivity index (χ0n) is 24.3. The third-order valence-electron chi connectivity index (χ3n) is 6.75. The number of nitrogen functional groups attached to an aromatic ring is 3. The average Bonchev–Trinajstić information content (AvgIpc) is 3.06. The predicted octanol–water partition coefficient (Wildman–Crippen LogP) is 3.77. The van der Waals surface area contributed by atoms with E-state index in [9.17, 15) is 19.7 Å². The Morgan fingerprint density at radius 1 is 0.587 bits per heavy atom. The molecule has 0 atom stereocenters. The molecule has 14 nitrogen and oxygen atoms in total. The summed E-state index contributed by atoms with van der Waals surface area (Å²) in [5.74, 6) is -0.797. The number of amides is 2. The molecular weight excluding hydrogens is 588 g/mol. The van der Waals surface area contributed by atoms with Gasteiger partial charge in [0, 0.05) is 30.4 Å². The Bertz CT molecular complexity index is 2090. The fraction of sp³-hybridized carbons (Fsp3) is 0.0625. The predicted molar refractivity (Wildman–Crippen MR) is 174 cm³/mol. The summed E-state index contributed by atoms with van der Waals surface area (Å²) in [6.07, 6.45) is 0. The molecule has 0 bridgehead atoms. The van der Waals surface area contributed by atoms with Crippen LogP contribution in [0, 0.1) is 10.1 Å². The van der Waals surface area contributed by atoms with Gasteiger partial charge in [0.15, 0.2) is 23.0 Å². The van der Waals surface area contributed by atoms with Gasteiger partial charge in [0.05, 0.1) is 27.0 Å². The number of nitro benzene ring substituents is 1. The van der Waals surface area contributed by atoms with Gasteiger partial charge in [0.2, 0.25) is 0 Å². The van der Waals surface area contributed by atoms with Gasteiger partial charge in [-0.2, -0.15) is 0 Å². The number of para-hydroxylation sites is 6. The number of nitrogens with one attached hydrogen (secondary N) is 2. The highest BCUT2D eigenvalue weighted by atomic mass is 16.6. The highest BCUT2D eigenvalue weighted by Gasteiger charge is 2.18. The molecule has 6 rings (SSSR count). The molecule has 46 heavy (non-hydrogen) atoms. The number of nitro groups is 1. The maximum atomic E-state index is 12.3. The van der Waals surface area contributed by atoms with Gasteiger partial charge in [-0.25, -0.2) is 19.9 Å². The van der Waals surface area contributed by atoms with Gasteiger partial charge in [-0.05, 0) is 35.9 Å². The van der Waals surface area contributed by atoms with E-state index < -0.39 is 10.8 Å². The second-order valence-corrected chi connectivity index (χ2v) is 9.84. The Kier molecular flexibility index (Phi) is 9.18. The van der Waals surface area contributed by atoms with Crippen LogP contribution in [0.5, 0.6) is 0 Å². The summed E-state index contributed by atoms with van der Waals surface area (Å²) in [5.41, 5.74) is 21.8. The summed E-state index contributed by atoms with van der Waals surface area (Å²) in [5, 5.41) is 16.3. The lowest BCUT2D eigenvalue weighted by Gasteiger charge is -2.09. The van der Waals surface area contributed by atoms with Gasteiger partial charge in [-0.3, -0.25) is 19.7 Å². The molecule has 230 valence electrons. The molecule has 0 aliphatic heterocycles. The molecule has 2 aromatic heterocycles. The molecule has 0 fully saturated rings. The van der Waals surface area contributed by atoms with Crippen molar-refractivity contribution in [2.75, 3.05) is 17.2 Å². The van der Waals surface area contributed by atoms with Crippen LogP contribution in [0.15, 0.2) is 97.1 Å². The molecule has 0 saturated heterocycles. The summed E-state index contributed by atoms with van der Waals surface area (Å²) >= 11 is 0. The number of aromatic nitrogens is 4. The number of fused-ring (bicyclic) bond motifs is 2. The Balaban J connectivity index is 0.000000182. The maximum absolute atomic E-state index is 12.3. The molecule has 2 amide bonds. The van der Waals surface area contributed by atoms with Crippen LogP contribution in [0.3, 0.4) is 0 Å². The van der Waals surface area contributed by atoms with Crippen LogP contribution in [-0.2, 0) is 13.1 Å². The van der Waals surface area contributed by atoms with Crippen LogP contribution in [0.2, 0.25) is 0 Å². The number of benzene rings is 4. The van der Waals surface area contributed by atoms with E-state index in [1.54, 1.807) is 60.7 Å². The van der Waals surface area contributed by atoms with E-state index in [0.717, 1.165) is 5.56 Å². The van der Waals surface area contributed by atoms with Gasteiger partial charge >= 0.3 is 0 Å². The monoisotopic (exact) mass is 616 g/mol. The summed E-state index contributed by atoms with van der Waals surface area (Å²) in [4.78, 5) is 51.9. The lowest BCUT2D eigenvalue weighted by molar-refractivity contribution is -0.385. The lowest BCUT2D eigenvalue weighted by Crippen LogP contribution is -2.25. The number of carbonyl (C=O) groups excluding carboxylic acids is 2. The van der Waals surface area contributed by atoms with E-state index in [2.05, 4.69) is 30.6 Å². The minimum atomic E-state index is -0.538. The summed E-state index contributed by atoms with van der Waals surface area (Å²) in [7, 11) is 0. The van der Waals surface area contributed by atoms with E-state index in [0.29, 0.717) is 39.9 Å². The van der Waals surface area contributed by atoms with Gasteiger partial charge in [-0.1, -0.05) is 60.7 Å². The smallest absolute Gasteiger partial charge is 0.274 e. The molecule has 0 saturated carbocycles. The summed E-state index contributed by atoms with van der Waals surface area (Å²) < 4.78 is 0. The minimum Gasteiger partial charge on any atom is -0.398 e. The van der Waals surface area contributed by atoms with Crippen LogP contribution in [0.25, 0.3) is 22.1 Å². The number of hydrogen-bond acceptors (Lipinski definition) is 11. The molecule has 8 N–H and O–H groups in total. The summed E-state index contributed by atoms with van der Waals surface area (Å²) in [6.45, 7) is 0.295. The van der Waals surface area contributed by atoms with Crippen LogP contribution in [0.1, 0.15) is 32.1 Å². The van der Waals surface area contributed by atoms with Crippen LogP contribution < -0.4 is 27.8 Å². The van der Waals surface area contributed by atoms with E-state index in [1.165, 1.54) is 6.07 Å². The molecule has 0 spiro atoms. The van der Waals surface area contributed by atoms with Crippen molar-refractivity contribution >= 4 is 56.9 Å². The van der Waals surface area contributed by atoms with E-state index in [-0.39, 0.29) is 41.2 Å². The molecule has 0 unspecified atom stereocenters. The Morgan fingerprint density at radius 3 is 1.46 bits per heavy atom. The van der Waals surface area contributed by atoms with E-state index in [1.807, 2.05) is 30.3 Å². The summed E-state index contributed by atoms with van der Waals surface area (Å²) in [6, 6.07) is 27.8. The zero-order valence-corrected chi connectivity index (χ0v) is 24.3. The van der Waals surface area contributed by atoms with Crippen molar-refractivity contribution < 1.29 is 14.5 Å². The second kappa shape index (κ2) is 13.7. The molecule has 0 aliphatic carbocycles. The largest absolute Gasteiger partial charge is 0.398 e. The standard InChI is InChI=1S/C16H13N5O3.C16H15N5O/c17-15-14(19-11-6-2-3-7-12(11)20-15)16(22)18-9-10-5-1-4-8-13(10)21(23)24;17-11-6-2-1-5-10(11)9-19-16(22)14-15(18)21-13-8-4-3-7-12(13)20-14/h1-8H,9H2,(H2,17,20)(H,18,22);1-8H,9,17H2,(H2,18,21)(H,19,22). The SMILES string of the molecule is Nc1ccccc1CNC(=O)c1nc2ccccc2nc1N.Nc1nc2ccccc2nc1C(=O)NCc1ccccc1[N+](=O)[O-]. The van der Waals surface area contributed by atoms with E-state index in [4.69, 9.17) is 17.2 Å². The molecule has 14 heteroatoms. The van der Waals surface area contributed by atoms with Gasteiger partial charge in [-0.15, -0.1) is 0 Å². The number of rotatable bonds is 7. The lowest BCUT2D eigenvalue weighted by atomic mass is 10.2. The Labute approximate surface area is 261 Å². The van der Waals surface area contributed by atoms with Gasteiger partial charge < -0.3 is 27.8 Å². The molecular formula is C32H28N10O4. The molecule has 0 radical (unpaired) electrons. The normalized spacial score (nSPS) is 10.5. The van der Waals surface area contributed by atoms with Crippen molar-refractivity contribution in [3.63, 3.8) is 0 Å². The van der Waals surface area contributed by atoms with Crippen molar-refractivity contribution in [2.45, 2.75) is 13.1 Å². The Hall–Kier alpha value is -6.70. The number of anilines is 3.